The number of esters is 1. The number of nitrogens with zero attached hydrogens (tertiary/aromatic N) is 1. The minimum atomic E-state index is -0.238. The molecule has 2 rings (SSSR count). The summed E-state index contributed by atoms with van der Waals surface area (Å²) in [6.45, 7) is 2.07. The second kappa shape index (κ2) is 8.41. The van der Waals surface area contributed by atoms with Gasteiger partial charge in [0.15, 0.2) is 0 Å². The number of nitrogens with one attached hydrogen (secondary N) is 1. The van der Waals surface area contributed by atoms with E-state index in [4.69, 9.17) is 0 Å². The molecule has 0 unspecified atom stereocenters. The van der Waals surface area contributed by atoms with Gasteiger partial charge in [-0.2, -0.15) is 0 Å². The molecular formula is C17H24N2O3. The SMILES string of the molecule is COC(=O)CCCNC(=O)N1CCC(c2ccccc2)CC1. The van der Waals surface area contributed by atoms with Crippen LogP contribution in [0.4, 0.5) is 4.79 Å². The first-order valence-corrected chi connectivity index (χ1v) is 7.85. The van der Waals surface area contributed by atoms with Crippen molar-refractivity contribution in [2.75, 3.05) is 26.7 Å². The number of urea groups is 1. The van der Waals surface area contributed by atoms with Crippen molar-refractivity contribution >= 4 is 12.0 Å². The Labute approximate surface area is 131 Å². The third-order valence-corrected chi connectivity index (χ3v) is 4.11. The molecule has 1 aliphatic heterocycles. The van der Waals surface area contributed by atoms with E-state index in [2.05, 4.69) is 34.3 Å². The molecular weight excluding hydrogens is 280 g/mol. The lowest BCUT2D eigenvalue weighted by atomic mass is 9.90. The van der Waals surface area contributed by atoms with Crippen LogP contribution in [0.15, 0.2) is 30.3 Å². The Kier molecular flexibility index (Phi) is 6.25. The fourth-order valence-electron chi connectivity index (χ4n) is 2.78. The number of carbonyl (C=O) groups is 2. The predicted octanol–water partition coefficient (Wildman–Crippen LogP) is 2.53. The van der Waals surface area contributed by atoms with Crippen molar-refractivity contribution in [3.8, 4) is 0 Å². The smallest absolute Gasteiger partial charge is 0.317 e. The lowest BCUT2D eigenvalue weighted by Gasteiger charge is -2.32. The minimum Gasteiger partial charge on any atom is -0.469 e. The van der Waals surface area contributed by atoms with Gasteiger partial charge in [0, 0.05) is 26.1 Å². The van der Waals surface area contributed by atoms with Crippen LogP contribution in [0.3, 0.4) is 0 Å². The van der Waals surface area contributed by atoms with Crippen LogP contribution in [-0.4, -0.2) is 43.6 Å². The molecule has 120 valence electrons. The Bertz CT molecular complexity index is 482. The Morgan fingerprint density at radius 2 is 1.91 bits per heavy atom. The average molecular weight is 304 g/mol. The summed E-state index contributed by atoms with van der Waals surface area (Å²) in [5.74, 6) is 0.308. The average Bonchev–Trinajstić information content (AvgIpc) is 2.59. The number of benzene rings is 1. The molecule has 1 saturated heterocycles. The number of carbonyl (C=O) groups excluding carboxylic acids is 2. The molecule has 1 heterocycles. The molecule has 1 aliphatic rings. The van der Waals surface area contributed by atoms with E-state index >= 15 is 0 Å². The summed E-state index contributed by atoms with van der Waals surface area (Å²) < 4.78 is 4.57. The third-order valence-electron chi connectivity index (χ3n) is 4.11. The van der Waals surface area contributed by atoms with Crippen molar-refractivity contribution in [3.63, 3.8) is 0 Å². The normalized spacial score (nSPS) is 15.4. The van der Waals surface area contributed by atoms with E-state index in [9.17, 15) is 9.59 Å². The van der Waals surface area contributed by atoms with Gasteiger partial charge in [-0.1, -0.05) is 30.3 Å². The molecule has 1 aromatic carbocycles. The van der Waals surface area contributed by atoms with Crippen LogP contribution in [0.1, 0.15) is 37.2 Å². The first-order chi connectivity index (χ1) is 10.7. The van der Waals surface area contributed by atoms with Gasteiger partial charge in [0.1, 0.15) is 0 Å². The second-order valence-corrected chi connectivity index (χ2v) is 5.58. The molecule has 0 aliphatic carbocycles. The van der Waals surface area contributed by atoms with Gasteiger partial charge in [-0.15, -0.1) is 0 Å². The fraction of sp³-hybridized carbons (Fsp3) is 0.529. The molecule has 1 N–H and O–H groups in total. The van der Waals surface area contributed by atoms with Gasteiger partial charge < -0.3 is 15.0 Å². The zero-order valence-electron chi connectivity index (χ0n) is 13.1. The summed E-state index contributed by atoms with van der Waals surface area (Å²) >= 11 is 0. The molecule has 0 bridgehead atoms. The van der Waals surface area contributed by atoms with E-state index in [1.807, 2.05) is 11.0 Å². The maximum Gasteiger partial charge on any atom is 0.317 e. The van der Waals surface area contributed by atoms with Crippen molar-refractivity contribution in [2.45, 2.75) is 31.6 Å². The highest BCUT2D eigenvalue weighted by Gasteiger charge is 2.23. The quantitative estimate of drug-likeness (QED) is 0.672. The van der Waals surface area contributed by atoms with Crippen molar-refractivity contribution in [1.29, 1.82) is 0 Å². The molecule has 0 radical (unpaired) electrons. The number of hydrogen-bond donors (Lipinski definition) is 1. The summed E-state index contributed by atoms with van der Waals surface area (Å²) in [5, 5.41) is 2.87. The molecule has 1 aromatic rings. The maximum atomic E-state index is 12.1. The highest BCUT2D eigenvalue weighted by molar-refractivity contribution is 5.74. The van der Waals surface area contributed by atoms with Crippen LogP contribution in [-0.2, 0) is 9.53 Å². The molecule has 0 aromatic heterocycles. The van der Waals surface area contributed by atoms with E-state index in [0.717, 1.165) is 25.9 Å². The van der Waals surface area contributed by atoms with E-state index in [1.54, 1.807) is 0 Å². The van der Waals surface area contributed by atoms with E-state index in [1.165, 1.54) is 12.7 Å². The molecule has 0 spiro atoms. The molecule has 5 nitrogen and oxygen atoms in total. The van der Waals surface area contributed by atoms with Gasteiger partial charge in [0.25, 0.3) is 0 Å². The molecule has 22 heavy (non-hydrogen) atoms. The van der Waals surface area contributed by atoms with Crippen LogP contribution in [0.2, 0.25) is 0 Å². The van der Waals surface area contributed by atoms with Crippen LogP contribution >= 0.6 is 0 Å². The van der Waals surface area contributed by atoms with E-state index in [0.29, 0.717) is 25.3 Å². The summed E-state index contributed by atoms with van der Waals surface area (Å²) in [5.41, 5.74) is 1.36. The Morgan fingerprint density at radius 3 is 2.55 bits per heavy atom. The molecule has 0 atom stereocenters. The first kappa shape index (κ1) is 16.3. The van der Waals surface area contributed by atoms with Crippen molar-refractivity contribution < 1.29 is 14.3 Å². The number of methoxy groups -OCH3 is 1. The Hall–Kier alpha value is -2.04. The van der Waals surface area contributed by atoms with Crippen LogP contribution < -0.4 is 5.32 Å². The number of ether oxygens (including phenoxy) is 1. The summed E-state index contributed by atoms with van der Waals surface area (Å²) in [4.78, 5) is 24.9. The zero-order valence-corrected chi connectivity index (χ0v) is 13.1. The van der Waals surface area contributed by atoms with E-state index in [-0.39, 0.29) is 12.0 Å². The number of piperidine rings is 1. The largest absolute Gasteiger partial charge is 0.469 e. The summed E-state index contributed by atoms with van der Waals surface area (Å²) in [6, 6.07) is 10.4. The van der Waals surface area contributed by atoms with Crippen molar-refractivity contribution in [3.05, 3.63) is 35.9 Å². The summed E-state index contributed by atoms with van der Waals surface area (Å²) in [6.07, 6.45) is 2.95. The van der Waals surface area contributed by atoms with Gasteiger partial charge >= 0.3 is 12.0 Å². The van der Waals surface area contributed by atoms with Gasteiger partial charge in [-0.3, -0.25) is 4.79 Å². The standard InChI is InChI=1S/C17H24N2O3/c1-22-16(20)8-5-11-18-17(21)19-12-9-15(10-13-19)14-6-3-2-4-7-14/h2-4,6-7,15H,5,8-13H2,1H3,(H,18,21). The lowest BCUT2D eigenvalue weighted by molar-refractivity contribution is -0.140. The Morgan fingerprint density at radius 1 is 1.23 bits per heavy atom. The van der Waals surface area contributed by atoms with Gasteiger partial charge in [0.2, 0.25) is 0 Å². The minimum absolute atomic E-state index is 0.0311. The van der Waals surface area contributed by atoms with Gasteiger partial charge in [-0.05, 0) is 30.7 Å². The third kappa shape index (κ3) is 4.76. The topological polar surface area (TPSA) is 58.6 Å². The van der Waals surface area contributed by atoms with Crippen molar-refractivity contribution in [2.24, 2.45) is 0 Å². The van der Waals surface area contributed by atoms with Gasteiger partial charge in [-0.25, -0.2) is 4.79 Å². The number of hydrogen-bond acceptors (Lipinski definition) is 3. The van der Waals surface area contributed by atoms with Crippen LogP contribution in [0.25, 0.3) is 0 Å². The molecule has 5 heteroatoms. The lowest BCUT2D eigenvalue weighted by Crippen LogP contribution is -2.44. The number of likely N-dealkylation sites (tertiary alicyclic amines) is 1. The molecule has 2 amide bonds. The van der Waals surface area contributed by atoms with Gasteiger partial charge in [0.05, 0.1) is 7.11 Å². The van der Waals surface area contributed by atoms with Crippen LogP contribution in [0.5, 0.6) is 0 Å². The second-order valence-electron chi connectivity index (χ2n) is 5.58. The zero-order chi connectivity index (χ0) is 15.8. The highest BCUT2D eigenvalue weighted by atomic mass is 16.5. The molecule has 1 fully saturated rings. The van der Waals surface area contributed by atoms with Crippen LogP contribution in [0, 0.1) is 0 Å². The monoisotopic (exact) mass is 304 g/mol. The predicted molar refractivity (Wildman–Crippen MR) is 84.6 cm³/mol. The number of amides is 2. The highest BCUT2D eigenvalue weighted by Crippen LogP contribution is 2.27. The molecule has 0 saturated carbocycles. The van der Waals surface area contributed by atoms with Crippen molar-refractivity contribution in [1.82, 2.24) is 10.2 Å². The first-order valence-electron chi connectivity index (χ1n) is 7.85. The van der Waals surface area contributed by atoms with E-state index < -0.39 is 0 Å². The number of rotatable bonds is 5. The summed E-state index contributed by atoms with van der Waals surface area (Å²) in [7, 11) is 1.37. The Balaban J connectivity index is 1.68. The maximum absolute atomic E-state index is 12.1. The fourth-order valence-corrected chi connectivity index (χ4v) is 2.78.